The Balaban J connectivity index is 1.62. The first-order valence-corrected chi connectivity index (χ1v) is 10.6. The van der Waals surface area contributed by atoms with Gasteiger partial charge < -0.3 is 15.7 Å². The number of aliphatic carboxylic acids is 1. The van der Waals surface area contributed by atoms with Crippen molar-refractivity contribution in [3.8, 4) is 11.1 Å². The summed E-state index contributed by atoms with van der Waals surface area (Å²) in [5.41, 5.74) is 2.61. The Kier molecular flexibility index (Phi) is 7.73. The minimum Gasteiger partial charge on any atom is -0.480 e. The van der Waals surface area contributed by atoms with E-state index in [0.29, 0.717) is 11.3 Å². The van der Waals surface area contributed by atoms with Gasteiger partial charge in [-0.1, -0.05) is 44.2 Å². The zero-order valence-electron chi connectivity index (χ0n) is 18.6. The molecule has 3 aromatic carbocycles. The first-order valence-electron chi connectivity index (χ1n) is 10.6. The molecule has 3 rings (SSSR count). The molecule has 0 saturated heterocycles. The number of carboxylic acid groups (broad SMARTS) is 1. The molecule has 0 aliphatic heterocycles. The van der Waals surface area contributed by atoms with Gasteiger partial charge in [-0.3, -0.25) is 9.59 Å². The van der Waals surface area contributed by atoms with Gasteiger partial charge in [-0.2, -0.15) is 0 Å². The van der Waals surface area contributed by atoms with Crippen LogP contribution in [-0.4, -0.2) is 28.9 Å². The SMILES string of the molecule is CC(C)[C@@H](NC(=O)c1ccc(-c2ccc(NC(=O)Cc3ccc(F)cc3F)cc2)cc1)C(=O)O. The molecule has 0 bridgehead atoms. The summed E-state index contributed by atoms with van der Waals surface area (Å²) < 4.78 is 26.7. The maximum absolute atomic E-state index is 13.7. The van der Waals surface area contributed by atoms with Gasteiger partial charge in [0.15, 0.2) is 0 Å². The molecule has 3 N–H and O–H groups in total. The highest BCUT2D eigenvalue weighted by Gasteiger charge is 2.23. The van der Waals surface area contributed by atoms with Gasteiger partial charge in [-0.15, -0.1) is 0 Å². The summed E-state index contributed by atoms with van der Waals surface area (Å²) in [6, 6.07) is 15.7. The summed E-state index contributed by atoms with van der Waals surface area (Å²) in [7, 11) is 0. The standard InChI is InChI=1S/C26H24F2N2O4/c1-15(2)24(26(33)34)30-25(32)18-5-3-16(4-6-18)17-8-11-21(12-9-17)29-23(31)13-19-7-10-20(27)14-22(19)28/h3-12,14-15,24H,13H2,1-2H3,(H,29,31)(H,30,32)(H,33,34)/t24-/m1/s1. The molecule has 0 radical (unpaired) electrons. The number of hydrogen-bond acceptors (Lipinski definition) is 3. The summed E-state index contributed by atoms with van der Waals surface area (Å²) in [6.45, 7) is 3.44. The minimum atomic E-state index is -1.09. The number of carbonyl (C=O) groups excluding carboxylic acids is 2. The van der Waals surface area contributed by atoms with Crippen LogP contribution in [0.15, 0.2) is 66.7 Å². The fraction of sp³-hybridized carbons (Fsp3) is 0.192. The molecular formula is C26H24F2N2O4. The number of hydrogen-bond donors (Lipinski definition) is 3. The van der Waals surface area contributed by atoms with Crippen LogP contribution >= 0.6 is 0 Å². The number of benzene rings is 3. The zero-order chi connectivity index (χ0) is 24.8. The molecule has 0 aliphatic carbocycles. The van der Waals surface area contributed by atoms with Gasteiger partial charge in [0.05, 0.1) is 6.42 Å². The van der Waals surface area contributed by atoms with Crippen LogP contribution in [-0.2, 0) is 16.0 Å². The topological polar surface area (TPSA) is 95.5 Å². The lowest BCUT2D eigenvalue weighted by atomic mass is 10.0. The lowest BCUT2D eigenvalue weighted by Crippen LogP contribution is -2.44. The van der Waals surface area contributed by atoms with Crippen LogP contribution in [0, 0.1) is 17.6 Å². The highest BCUT2D eigenvalue weighted by Crippen LogP contribution is 2.22. The smallest absolute Gasteiger partial charge is 0.326 e. The Morgan fingerprint density at radius 2 is 1.47 bits per heavy atom. The average Bonchev–Trinajstić information content (AvgIpc) is 2.79. The molecule has 34 heavy (non-hydrogen) atoms. The first kappa shape index (κ1) is 24.6. The van der Waals surface area contributed by atoms with E-state index in [1.807, 2.05) is 0 Å². The zero-order valence-corrected chi connectivity index (χ0v) is 18.6. The van der Waals surface area contributed by atoms with Crippen LogP contribution in [0.2, 0.25) is 0 Å². The van der Waals surface area contributed by atoms with Crippen molar-refractivity contribution in [3.05, 3.63) is 89.5 Å². The Labute approximate surface area is 195 Å². The second-order valence-corrected chi connectivity index (χ2v) is 8.15. The van der Waals surface area contributed by atoms with E-state index in [2.05, 4.69) is 10.6 Å². The summed E-state index contributed by atoms with van der Waals surface area (Å²) in [5.74, 6) is -3.72. The van der Waals surface area contributed by atoms with Gasteiger partial charge in [0.25, 0.3) is 5.91 Å². The lowest BCUT2D eigenvalue weighted by Gasteiger charge is -2.18. The summed E-state index contributed by atoms with van der Waals surface area (Å²) in [5, 5.41) is 14.4. The molecule has 1 atom stereocenters. The number of nitrogens with one attached hydrogen (secondary N) is 2. The van der Waals surface area contributed by atoms with E-state index in [1.165, 1.54) is 6.07 Å². The summed E-state index contributed by atoms with van der Waals surface area (Å²) >= 11 is 0. The van der Waals surface area contributed by atoms with Crippen LogP contribution in [0.4, 0.5) is 14.5 Å². The second kappa shape index (κ2) is 10.7. The lowest BCUT2D eigenvalue weighted by molar-refractivity contribution is -0.140. The number of carbonyl (C=O) groups is 3. The molecule has 0 aromatic heterocycles. The van der Waals surface area contributed by atoms with Gasteiger partial charge in [0.2, 0.25) is 5.91 Å². The molecule has 0 fully saturated rings. The predicted molar refractivity (Wildman–Crippen MR) is 124 cm³/mol. The van der Waals surface area contributed by atoms with Crippen molar-refractivity contribution < 1.29 is 28.3 Å². The largest absolute Gasteiger partial charge is 0.480 e. The molecule has 2 amide bonds. The molecule has 0 heterocycles. The molecule has 3 aromatic rings. The van der Waals surface area contributed by atoms with Crippen molar-refractivity contribution in [3.63, 3.8) is 0 Å². The van der Waals surface area contributed by atoms with Crippen LogP contribution < -0.4 is 10.6 Å². The highest BCUT2D eigenvalue weighted by molar-refractivity contribution is 5.97. The maximum atomic E-state index is 13.7. The third kappa shape index (κ3) is 6.25. The minimum absolute atomic E-state index is 0.0997. The Morgan fingerprint density at radius 3 is 2.00 bits per heavy atom. The quantitative estimate of drug-likeness (QED) is 0.450. The number of halogens is 2. The van der Waals surface area contributed by atoms with E-state index < -0.39 is 35.5 Å². The van der Waals surface area contributed by atoms with E-state index in [0.717, 1.165) is 23.3 Å². The normalized spacial score (nSPS) is 11.7. The van der Waals surface area contributed by atoms with E-state index in [-0.39, 0.29) is 17.9 Å². The summed E-state index contributed by atoms with van der Waals surface area (Å²) in [4.78, 5) is 35.8. The second-order valence-electron chi connectivity index (χ2n) is 8.15. The van der Waals surface area contributed by atoms with E-state index in [9.17, 15) is 28.3 Å². The molecular weight excluding hydrogens is 442 g/mol. The Bertz CT molecular complexity index is 1190. The van der Waals surface area contributed by atoms with Crippen LogP contribution in [0.1, 0.15) is 29.8 Å². The predicted octanol–water partition coefficient (Wildman–Crippen LogP) is 4.65. The number of carboxylic acids is 1. The molecule has 0 saturated carbocycles. The monoisotopic (exact) mass is 466 g/mol. The number of anilines is 1. The number of amides is 2. The molecule has 0 unspecified atom stereocenters. The van der Waals surface area contributed by atoms with Gasteiger partial charge in [0, 0.05) is 17.3 Å². The fourth-order valence-electron chi connectivity index (χ4n) is 3.34. The van der Waals surface area contributed by atoms with Crippen molar-refractivity contribution in [2.45, 2.75) is 26.3 Å². The maximum Gasteiger partial charge on any atom is 0.326 e. The summed E-state index contributed by atoms with van der Waals surface area (Å²) in [6.07, 6.45) is -0.225. The third-order valence-corrected chi connectivity index (χ3v) is 5.23. The third-order valence-electron chi connectivity index (χ3n) is 5.23. The van der Waals surface area contributed by atoms with E-state index >= 15 is 0 Å². The van der Waals surface area contributed by atoms with Crippen molar-refractivity contribution in [1.29, 1.82) is 0 Å². The first-order chi connectivity index (χ1) is 16.1. The van der Waals surface area contributed by atoms with Crippen molar-refractivity contribution in [2.24, 2.45) is 5.92 Å². The highest BCUT2D eigenvalue weighted by atomic mass is 19.1. The van der Waals surface area contributed by atoms with Crippen LogP contribution in [0.5, 0.6) is 0 Å². The van der Waals surface area contributed by atoms with Gasteiger partial charge in [-0.05, 0) is 52.9 Å². The van der Waals surface area contributed by atoms with Crippen LogP contribution in [0.25, 0.3) is 11.1 Å². The van der Waals surface area contributed by atoms with Gasteiger partial charge in [-0.25, -0.2) is 13.6 Å². The molecule has 0 aliphatic rings. The van der Waals surface area contributed by atoms with Crippen molar-refractivity contribution in [2.75, 3.05) is 5.32 Å². The van der Waals surface area contributed by atoms with Crippen molar-refractivity contribution in [1.82, 2.24) is 5.32 Å². The van der Waals surface area contributed by atoms with E-state index in [4.69, 9.17) is 0 Å². The van der Waals surface area contributed by atoms with Crippen LogP contribution in [0.3, 0.4) is 0 Å². The molecule has 6 nitrogen and oxygen atoms in total. The average molecular weight is 466 g/mol. The number of rotatable bonds is 8. The Hall–Kier alpha value is -4.07. The Morgan fingerprint density at radius 1 is 0.882 bits per heavy atom. The molecule has 176 valence electrons. The molecule has 8 heteroatoms. The van der Waals surface area contributed by atoms with Gasteiger partial charge in [0.1, 0.15) is 17.7 Å². The fourth-order valence-corrected chi connectivity index (χ4v) is 3.34. The van der Waals surface area contributed by atoms with E-state index in [1.54, 1.807) is 62.4 Å². The van der Waals surface area contributed by atoms with Gasteiger partial charge >= 0.3 is 5.97 Å². The molecule has 0 spiro atoms. The van der Waals surface area contributed by atoms with Crippen molar-refractivity contribution >= 4 is 23.5 Å².